The Morgan fingerprint density at radius 1 is 0.140 bits per heavy atom. The van der Waals surface area contributed by atoms with Crippen LogP contribution < -0.4 is 19.6 Å². The third-order valence-electron chi connectivity index (χ3n) is 28.6. The normalized spacial score (nSPS) is 12.0. The molecular formula is C135H92N4O4. The van der Waals surface area contributed by atoms with Gasteiger partial charge in [0, 0.05) is 139 Å². The minimum Gasteiger partial charge on any atom is -0.455 e. The fraction of sp³-hybridized carbons (Fsp3) is 0.0222. The predicted octanol–water partition coefficient (Wildman–Crippen LogP) is 38.8. The summed E-state index contributed by atoms with van der Waals surface area (Å²) in [7, 11) is 0. The van der Waals surface area contributed by atoms with Gasteiger partial charge in [-0.1, -0.05) is 366 Å². The third kappa shape index (κ3) is 15.4. The van der Waals surface area contributed by atoms with E-state index in [0.29, 0.717) is 0 Å². The van der Waals surface area contributed by atoms with Gasteiger partial charge in [-0.2, -0.15) is 0 Å². The number of fused-ring (bicyclic) bond motifs is 15. The minimum atomic E-state index is -0.272. The molecule has 143 heavy (non-hydrogen) atoms. The second kappa shape index (κ2) is 35.7. The van der Waals surface area contributed by atoms with Crippen LogP contribution >= 0.6 is 0 Å². The molecule has 4 aromatic heterocycles. The second-order valence-electron chi connectivity index (χ2n) is 37.3. The lowest BCUT2D eigenvalue weighted by Crippen LogP contribution is -2.17. The van der Waals surface area contributed by atoms with Crippen molar-refractivity contribution < 1.29 is 17.7 Å². The average Bonchev–Trinajstić information content (AvgIpc) is 1.56. The summed E-state index contributed by atoms with van der Waals surface area (Å²) in [5.41, 5.74) is 40.8. The molecule has 4 heterocycles. The largest absolute Gasteiger partial charge is 0.455 e. The molecule has 1 aliphatic carbocycles. The van der Waals surface area contributed by atoms with Gasteiger partial charge < -0.3 is 37.3 Å². The summed E-state index contributed by atoms with van der Waals surface area (Å²) in [6.07, 6.45) is 0. The van der Waals surface area contributed by atoms with Crippen molar-refractivity contribution in [3.63, 3.8) is 0 Å². The summed E-state index contributed by atoms with van der Waals surface area (Å²) >= 11 is 0. The van der Waals surface area contributed by atoms with Crippen LogP contribution in [-0.2, 0) is 5.41 Å². The number of hydrogen-bond donors (Lipinski definition) is 0. The smallest absolute Gasteiger partial charge is 0.143 e. The highest BCUT2D eigenvalue weighted by Crippen LogP contribution is 2.55. The Bertz CT molecular complexity index is 8700. The number of rotatable bonds is 19. The number of furan rings is 4. The first-order chi connectivity index (χ1) is 70.6. The van der Waals surface area contributed by atoms with Gasteiger partial charge in [0.25, 0.3) is 0 Å². The molecular weight excluding hydrogens is 1740 g/mol. The number of anilines is 12. The molecule has 8 heteroatoms. The standard InChI is InChI=1S/C72H48N2O2.C63H44N2O2/c1-3-13-49(14-4-1)51-25-37-57(38-26-51)73(61-45-33-55(34-46-61)63-19-11-21-67-65-17-7-9-23-69(65)75-71(63)67)59-41-29-53(30-42-59)54-31-43-60(44-32-54)74(58-39-27-52(28-40-58)50-15-5-2-6-16-50)62-47-35-56(36-48-62)64-20-12-22-68-66-18-8-10-24-70(66)76-72(64)68;1-63(2)57-39-47(64(43-15-5-3-6-16-43)45-31-27-41(28-32-45)49-21-13-23-55-53-19-9-11-25-59(53)66-61(49)55)35-37-51(57)52-38-36-48(40-58(52)63)65(44-17-7-4-8-18-44)46-33-29-42(30-34-46)50-22-14-24-56-54-20-10-12-26-60(54)67-62(50)56/h1-48H;3-40H,1-2H3. The molecule has 8 nitrogen and oxygen atoms in total. The number of hydrogen-bond acceptors (Lipinski definition) is 8. The van der Waals surface area contributed by atoms with Crippen molar-refractivity contribution >= 4 is 156 Å². The summed E-state index contributed by atoms with van der Waals surface area (Å²) in [6, 6.07) is 186. The van der Waals surface area contributed by atoms with Crippen molar-refractivity contribution in [1.82, 2.24) is 0 Å². The van der Waals surface area contributed by atoms with E-state index in [0.717, 1.165) is 212 Å². The van der Waals surface area contributed by atoms with Crippen LogP contribution in [0.3, 0.4) is 0 Å². The van der Waals surface area contributed by atoms with Gasteiger partial charge in [0.1, 0.15) is 44.7 Å². The first kappa shape index (κ1) is 84.7. The highest BCUT2D eigenvalue weighted by Gasteiger charge is 2.38. The van der Waals surface area contributed by atoms with Crippen LogP contribution in [-0.4, -0.2) is 0 Å². The van der Waals surface area contributed by atoms with Gasteiger partial charge in [0.2, 0.25) is 0 Å². The van der Waals surface area contributed by atoms with Gasteiger partial charge in [0.05, 0.1) is 0 Å². The van der Waals surface area contributed by atoms with E-state index < -0.39 is 0 Å². The average molecular weight is 1830 g/mol. The van der Waals surface area contributed by atoms with E-state index >= 15 is 0 Å². The first-order valence-corrected chi connectivity index (χ1v) is 48.8. The third-order valence-corrected chi connectivity index (χ3v) is 28.6. The fourth-order valence-electron chi connectivity index (χ4n) is 21.5. The summed E-state index contributed by atoms with van der Waals surface area (Å²) in [5.74, 6) is 0. The van der Waals surface area contributed by atoms with Gasteiger partial charge in [0.15, 0.2) is 0 Å². The van der Waals surface area contributed by atoms with Gasteiger partial charge in [-0.15, -0.1) is 0 Å². The Balaban J connectivity index is 0.000000147. The molecule has 22 aromatic carbocycles. The molecule has 0 aliphatic heterocycles. The van der Waals surface area contributed by atoms with Crippen LogP contribution in [0, 0.1) is 0 Å². The van der Waals surface area contributed by atoms with Crippen LogP contribution in [0.25, 0.3) is 177 Å². The molecule has 0 saturated carbocycles. The monoisotopic (exact) mass is 1830 g/mol. The Kier molecular flexibility index (Phi) is 21.1. The molecule has 0 atom stereocenters. The van der Waals surface area contributed by atoms with Crippen molar-refractivity contribution in [1.29, 1.82) is 0 Å². The fourth-order valence-corrected chi connectivity index (χ4v) is 21.5. The number of nitrogens with zero attached hydrogens (tertiary/aromatic N) is 4. The lowest BCUT2D eigenvalue weighted by molar-refractivity contribution is 0.660. The molecule has 0 radical (unpaired) electrons. The molecule has 0 fully saturated rings. The molecule has 27 rings (SSSR count). The molecule has 0 saturated heterocycles. The van der Waals surface area contributed by atoms with Gasteiger partial charge >= 0.3 is 0 Å². The van der Waals surface area contributed by atoms with Gasteiger partial charge in [-0.3, -0.25) is 0 Å². The lowest BCUT2D eigenvalue weighted by Gasteiger charge is -2.29. The van der Waals surface area contributed by atoms with Crippen molar-refractivity contribution in [2.75, 3.05) is 19.6 Å². The molecule has 0 bridgehead atoms. The van der Waals surface area contributed by atoms with Crippen LogP contribution in [0.1, 0.15) is 25.0 Å². The topological polar surface area (TPSA) is 65.5 Å². The van der Waals surface area contributed by atoms with Crippen molar-refractivity contribution in [2.24, 2.45) is 0 Å². The minimum absolute atomic E-state index is 0.272. The van der Waals surface area contributed by atoms with E-state index in [1.54, 1.807) is 0 Å². The van der Waals surface area contributed by atoms with Gasteiger partial charge in [-0.25, -0.2) is 0 Å². The zero-order chi connectivity index (χ0) is 95.0. The lowest BCUT2D eigenvalue weighted by atomic mass is 9.82. The highest BCUT2D eigenvalue weighted by atomic mass is 16.3. The highest BCUT2D eigenvalue weighted by molar-refractivity contribution is 6.14. The van der Waals surface area contributed by atoms with E-state index in [2.05, 4.69) is 507 Å². The predicted molar refractivity (Wildman–Crippen MR) is 596 cm³/mol. The van der Waals surface area contributed by atoms with Crippen LogP contribution in [0.5, 0.6) is 0 Å². The van der Waals surface area contributed by atoms with E-state index in [1.165, 1.54) is 44.5 Å². The second-order valence-corrected chi connectivity index (χ2v) is 37.3. The maximum atomic E-state index is 6.45. The zero-order valence-electron chi connectivity index (χ0n) is 78.6. The Labute approximate surface area is 828 Å². The van der Waals surface area contributed by atoms with E-state index in [1.807, 2.05) is 48.5 Å². The molecule has 0 amide bonds. The van der Waals surface area contributed by atoms with Crippen LogP contribution in [0.4, 0.5) is 68.2 Å². The maximum Gasteiger partial charge on any atom is 0.143 e. The van der Waals surface area contributed by atoms with Crippen molar-refractivity contribution in [2.45, 2.75) is 19.3 Å². The summed E-state index contributed by atoms with van der Waals surface area (Å²) in [6.45, 7) is 4.73. The van der Waals surface area contributed by atoms with E-state index in [4.69, 9.17) is 17.7 Å². The number of para-hydroxylation sites is 10. The number of benzene rings is 22. The summed E-state index contributed by atoms with van der Waals surface area (Å²) < 4.78 is 25.8. The van der Waals surface area contributed by atoms with Crippen LogP contribution in [0.15, 0.2) is 539 Å². The summed E-state index contributed by atoms with van der Waals surface area (Å²) in [4.78, 5) is 9.39. The molecule has 0 unspecified atom stereocenters. The van der Waals surface area contributed by atoms with Gasteiger partial charge in [-0.05, 0) is 248 Å². The van der Waals surface area contributed by atoms with Crippen molar-refractivity contribution in [3.05, 3.63) is 533 Å². The van der Waals surface area contributed by atoms with Crippen LogP contribution in [0.2, 0.25) is 0 Å². The quantitative estimate of drug-likeness (QED) is 0.0793. The SMILES string of the molecule is CC1(C)c2cc(N(c3ccccc3)c3ccc(-c4cccc5c4oc4ccccc45)cc3)ccc2-c2ccc(N(c3ccccc3)c3ccc(-c4cccc5c4oc4ccccc45)cc3)cc21.c1ccc(-c2ccc(N(c3ccc(-c4ccc(N(c5ccc(-c6ccccc6)cc5)c5ccc(-c6cccc7c6oc6ccccc67)cc5)cc4)cc3)c3ccc(-c4cccc5c4oc4ccccc45)cc3)cc2)cc1. The molecule has 0 spiro atoms. The molecule has 0 N–H and O–H groups in total. The molecule has 26 aromatic rings. The summed E-state index contributed by atoms with van der Waals surface area (Å²) in [5, 5.41) is 9.04. The van der Waals surface area contributed by atoms with E-state index in [9.17, 15) is 0 Å². The van der Waals surface area contributed by atoms with E-state index in [-0.39, 0.29) is 5.41 Å². The zero-order valence-corrected chi connectivity index (χ0v) is 78.6. The Hall–Kier alpha value is -18.8. The molecule has 676 valence electrons. The molecule has 1 aliphatic rings. The Morgan fingerprint density at radius 3 is 0.566 bits per heavy atom. The Morgan fingerprint density at radius 2 is 0.322 bits per heavy atom. The first-order valence-electron chi connectivity index (χ1n) is 48.8. The van der Waals surface area contributed by atoms with Crippen molar-refractivity contribution in [3.8, 4) is 89.0 Å². The maximum absolute atomic E-state index is 6.45.